The van der Waals surface area contributed by atoms with E-state index in [2.05, 4.69) is 4.98 Å². The first kappa shape index (κ1) is 19.4. The summed E-state index contributed by atoms with van der Waals surface area (Å²) in [6, 6.07) is 18.5. The van der Waals surface area contributed by atoms with Gasteiger partial charge >= 0.3 is 5.91 Å². The molecule has 1 aliphatic heterocycles. The molecule has 0 unspecified atom stereocenters. The molecule has 4 rings (SSSR count). The van der Waals surface area contributed by atoms with Crippen LogP contribution >= 0.6 is 0 Å². The van der Waals surface area contributed by atoms with E-state index in [1.807, 2.05) is 19.1 Å². The third-order valence-corrected chi connectivity index (χ3v) is 5.10. The molecule has 1 aliphatic rings. The molecule has 0 radical (unpaired) electrons. The molecule has 30 heavy (non-hydrogen) atoms. The van der Waals surface area contributed by atoms with Crippen LogP contribution in [0, 0.1) is 6.92 Å². The predicted octanol–water partition coefficient (Wildman–Crippen LogP) is 4.02. The number of aromatic nitrogens is 1. The number of nitrogens with zero attached hydrogens (tertiary/aromatic N) is 2. The highest BCUT2D eigenvalue weighted by molar-refractivity contribution is 6.51. The molecule has 0 spiro atoms. The molecule has 1 saturated heterocycles. The van der Waals surface area contributed by atoms with Crippen LogP contribution in [-0.4, -0.2) is 28.9 Å². The Hall–Kier alpha value is -3.93. The second-order valence-electron chi connectivity index (χ2n) is 7.00. The molecular formula is C24H20N2O4. The molecule has 1 amide bonds. The largest absolute Gasteiger partial charge is 0.507 e. The highest BCUT2D eigenvalue weighted by atomic mass is 16.5. The first-order chi connectivity index (χ1) is 14.5. The van der Waals surface area contributed by atoms with Gasteiger partial charge in [0.05, 0.1) is 18.7 Å². The highest BCUT2D eigenvalue weighted by Gasteiger charge is 2.47. The summed E-state index contributed by atoms with van der Waals surface area (Å²) in [6.07, 6.45) is 1.56. The molecule has 1 atom stereocenters. The normalized spacial score (nSPS) is 17.9. The smallest absolute Gasteiger partial charge is 0.301 e. The van der Waals surface area contributed by atoms with Crippen LogP contribution in [0.4, 0.5) is 5.82 Å². The number of anilines is 1. The minimum atomic E-state index is -0.813. The predicted molar refractivity (Wildman–Crippen MR) is 113 cm³/mol. The van der Waals surface area contributed by atoms with Crippen LogP contribution in [0.5, 0.6) is 5.75 Å². The topological polar surface area (TPSA) is 79.7 Å². The van der Waals surface area contributed by atoms with Gasteiger partial charge in [0, 0.05) is 11.8 Å². The molecule has 1 N–H and O–H groups in total. The van der Waals surface area contributed by atoms with Gasteiger partial charge in [0.25, 0.3) is 5.78 Å². The number of carbonyl (C=O) groups excluding carboxylic acids is 2. The van der Waals surface area contributed by atoms with Crippen molar-refractivity contribution in [2.45, 2.75) is 13.0 Å². The van der Waals surface area contributed by atoms with E-state index >= 15 is 0 Å². The maximum atomic E-state index is 13.0. The number of aryl methyl sites for hydroxylation is 1. The summed E-state index contributed by atoms with van der Waals surface area (Å²) in [4.78, 5) is 31.6. The number of Topliss-reactive ketones (excluding diaryl/α,β-unsaturated/α-hetero) is 1. The van der Waals surface area contributed by atoms with E-state index in [4.69, 9.17) is 4.74 Å². The number of ketones is 1. The summed E-state index contributed by atoms with van der Waals surface area (Å²) in [6.45, 7) is 1.93. The lowest BCUT2D eigenvalue weighted by atomic mass is 9.95. The summed E-state index contributed by atoms with van der Waals surface area (Å²) in [5.74, 6) is -0.717. The quantitative estimate of drug-likeness (QED) is 0.406. The van der Waals surface area contributed by atoms with Crippen molar-refractivity contribution in [2.24, 2.45) is 0 Å². The van der Waals surface area contributed by atoms with Crippen molar-refractivity contribution in [2.75, 3.05) is 12.0 Å². The molecule has 0 saturated carbocycles. The van der Waals surface area contributed by atoms with Crippen molar-refractivity contribution in [3.63, 3.8) is 0 Å². The zero-order chi connectivity index (χ0) is 21.3. The maximum absolute atomic E-state index is 13.0. The number of methoxy groups -OCH3 is 1. The number of hydrogen-bond acceptors (Lipinski definition) is 5. The number of carbonyl (C=O) groups is 2. The van der Waals surface area contributed by atoms with E-state index < -0.39 is 17.7 Å². The van der Waals surface area contributed by atoms with Gasteiger partial charge in [-0.2, -0.15) is 0 Å². The zero-order valence-corrected chi connectivity index (χ0v) is 16.6. The lowest BCUT2D eigenvalue weighted by Crippen LogP contribution is -2.30. The Morgan fingerprint density at radius 3 is 2.30 bits per heavy atom. The van der Waals surface area contributed by atoms with Crippen molar-refractivity contribution < 1.29 is 19.4 Å². The highest BCUT2D eigenvalue weighted by Crippen LogP contribution is 2.41. The fourth-order valence-electron chi connectivity index (χ4n) is 3.53. The molecule has 6 heteroatoms. The van der Waals surface area contributed by atoms with E-state index in [0.29, 0.717) is 22.7 Å². The summed E-state index contributed by atoms with van der Waals surface area (Å²) >= 11 is 0. The summed E-state index contributed by atoms with van der Waals surface area (Å²) in [7, 11) is 1.56. The lowest BCUT2D eigenvalue weighted by molar-refractivity contribution is -0.132. The Morgan fingerprint density at radius 2 is 1.70 bits per heavy atom. The average molecular weight is 400 g/mol. The number of benzene rings is 2. The molecule has 1 aromatic heterocycles. The van der Waals surface area contributed by atoms with Gasteiger partial charge in [0.2, 0.25) is 0 Å². The Bertz CT molecular complexity index is 1120. The Kier molecular flexibility index (Phi) is 5.06. The van der Waals surface area contributed by atoms with Gasteiger partial charge in [0.1, 0.15) is 17.3 Å². The zero-order valence-electron chi connectivity index (χ0n) is 16.6. The molecular weight excluding hydrogens is 380 g/mol. The van der Waals surface area contributed by atoms with Gasteiger partial charge in [-0.15, -0.1) is 0 Å². The fraction of sp³-hybridized carbons (Fsp3) is 0.125. The number of hydrogen-bond donors (Lipinski definition) is 1. The van der Waals surface area contributed by atoms with Crippen molar-refractivity contribution in [3.05, 3.63) is 95.2 Å². The Morgan fingerprint density at radius 1 is 1.00 bits per heavy atom. The minimum Gasteiger partial charge on any atom is -0.507 e. The van der Waals surface area contributed by atoms with Crippen LogP contribution in [0.3, 0.4) is 0 Å². The SMILES string of the molecule is COc1ccc([C@@H]2/C(=C(\O)c3ccc(C)cc3)C(=O)C(=O)N2c2ccccn2)cc1. The van der Waals surface area contributed by atoms with Crippen LogP contribution < -0.4 is 9.64 Å². The standard InChI is InChI=1S/C24H20N2O4/c1-15-6-8-17(9-7-15)22(27)20-21(16-10-12-18(30-2)13-11-16)26(24(29)23(20)28)19-5-3-4-14-25-19/h3-14,21,27H,1-2H3/b22-20+/t21-/m1/s1. The third kappa shape index (κ3) is 3.33. The molecule has 2 aromatic carbocycles. The Balaban J connectivity index is 1.92. The van der Waals surface area contributed by atoms with Crippen LogP contribution in [0.2, 0.25) is 0 Å². The van der Waals surface area contributed by atoms with Gasteiger partial charge in [-0.05, 0) is 36.8 Å². The van der Waals surface area contributed by atoms with Crippen LogP contribution in [0.1, 0.15) is 22.7 Å². The van der Waals surface area contributed by atoms with Crippen molar-refractivity contribution in [1.29, 1.82) is 0 Å². The van der Waals surface area contributed by atoms with E-state index in [9.17, 15) is 14.7 Å². The molecule has 0 aliphatic carbocycles. The molecule has 150 valence electrons. The molecule has 6 nitrogen and oxygen atoms in total. The van der Waals surface area contributed by atoms with E-state index in [-0.39, 0.29) is 11.3 Å². The fourth-order valence-corrected chi connectivity index (χ4v) is 3.53. The van der Waals surface area contributed by atoms with Crippen molar-refractivity contribution >= 4 is 23.3 Å². The van der Waals surface area contributed by atoms with E-state index in [0.717, 1.165) is 5.56 Å². The van der Waals surface area contributed by atoms with Crippen molar-refractivity contribution in [1.82, 2.24) is 4.98 Å². The lowest BCUT2D eigenvalue weighted by Gasteiger charge is -2.24. The van der Waals surface area contributed by atoms with Gasteiger partial charge in [-0.25, -0.2) is 4.98 Å². The number of amides is 1. The average Bonchev–Trinajstić information content (AvgIpc) is 3.05. The Labute approximate surface area is 174 Å². The van der Waals surface area contributed by atoms with Gasteiger partial charge in [-0.1, -0.05) is 48.0 Å². The number of aliphatic hydroxyl groups excluding tert-OH is 1. The van der Waals surface area contributed by atoms with Gasteiger partial charge < -0.3 is 9.84 Å². The van der Waals surface area contributed by atoms with Crippen LogP contribution in [0.25, 0.3) is 5.76 Å². The monoisotopic (exact) mass is 400 g/mol. The first-order valence-electron chi connectivity index (χ1n) is 9.44. The second kappa shape index (κ2) is 7.83. The second-order valence-corrected chi connectivity index (χ2v) is 7.00. The summed E-state index contributed by atoms with van der Waals surface area (Å²) in [5, 5.41) is 11.0. The molecule has 3 aromatic rings. The summed E-state index contributed by atoms with van der Waals surface area (Å²) in [5.41, 5.74) is 2.18. The molecule has 0 bridgehead atoms. The summed E-state index contributed by atoms with van der Waals surface area (Å²) < 4.78 is 5.22. The number of ether oxygens (including phenoxy) is 1. The van der Waals surface area contributed by atoms with E-state index in [1.165, 1.54) is 4.90 Å². The molecule has 1 fully saturated rings. The minimum absolute atomic E-state index is 0.0275. The first-order valence-corrected chi connectivity index (χ1v) is 9.44. The molecule has 2 heterocycles. The number of aliphatic hydroxyl groups is 1. The van der Waals surface area contributed by atoms with Crippen LogP contribution in [-0.2, 0) is 9.59 Å². The number of rotatable bonds is 4. The van der Waals surface area contributed by atoms with Gasteiger partial charge in [0.15, 0.2) is 0 Å². The maximum Gasteiger partial charge on any atom is 0.301 e. The van der Waals surface area contributed by atoms with Gasteiger partial charge in [-0.3, -0.25) is 14.5 Å². The van der Waals surface area contributed by atoms with Crippen molar-refractivity contribution in [3.8, 4) is 5.75 Å². The third-order valence-electron chi connectivity index (χ3n) is 5.10. The number of pyridine rings is 1. The van der Waals surface area contributed by atoms with Crippen LogP contribution in [0.15, 0.2) is 78.5 Å². The van der Waals surface area contributed by atoms with E-state index in [1.54, 1.807) is 67.9 Å².